The molecule has 0 aliphatic heterocycles. The Bertz CT molecular complexity index is 479. The lowest BCUT2D eigenvalue weighted by Crippen LogP contribution is -2.28. The van der Waals surface area contributed by atoms with Crippen molar-refractivity contribution < 1.29 is 14.8 Å². The van der Waals surface area contributed by atoms with E-state index in [0.717, 1.165) is 6.20 Å². The molecule has 1 rings (SSSR count). The Balaban J connectivity index is 2.78. The van der Waals surface area contributed by atoms with Gasteiger partial charge in [0.15, 0.2) is 0 Å². The van der Waals surface area contributed by atoms with Gasteiger partial charge in [-0.25, -0.2) is 4.98 Å². The lowest BCUT2D eigenvalue weighted by molar-refractivity contribution is -0.385. The molecule has 7 nitrogen and oxygen atoms in total. The van der Waals surface area contributed by atoms with Gasteiger partial charge in [0.1, 0.15) is 12.0 Å². The van der Waals surface area contributed by atoms with E-state index in [2.05, 4.69) is 10.3 Å². The first kappa shape index (κ1) is 15.9. The number of rotatable bonds is 6. The van der Waals surface area contributed by atoms with E-state index in [0.29, 0.717) is 12.2 Å². The molecular weight excluding hydrogens is 262 g/mol. The quantitative estimate of drug-likeness (QED) is 0.613. The maximum atomic E-state index is 10.9. The lowest BCUT2D eigenvalue weighted by atomic mass is 9.87. The maximum absolute atomic E-state index is 10.9. The molecule has 0 fully saturated rings. The average Bonchev–Trinajstić information content (AvgIpc) is 2.26. The summed E-state index contributed by atoms with van der Waals surface area (Å²) in [6, 6.07) is 2.54. The van der Waals surface area contributed by atoms with E-state index in [4.69, 9.17) is 5.11 Å². The van der Waals surface area contributed by atoms with Crippen LogP contribution in [0, 0.1) is 15.5 Å². The van der Waals surface area contributed by atoms with Crippen LogP contribution < -0.4 is 5.32 Å². The number of pyridine rings is 1. The molecule has 0 saturated carbocycles. The van der Waals surface area contributed by atoms with Crippen LogP contribution in [0.1, 0.15) is 33.6 Å². The highest BCUT2D eigenvalue weighted by atomic mass is 16.6. The predicted molar refractivity (Wildman–Crippen MR) is 74.6 cm³/mol. The van der Waals surface area contributed by atoms with E-state index in [1.54, 1.807) is 0 Å². The van der Waals surface area contributed by atoms with Gasteiger partial charge in [0.05, 0.1) is 11.3 Å². The fraction of sp³-hybridized carbons (Fsp3) is 0.538. The van der Waals surface area contributed by atoms with Gasteiger partial charge in [-0.2, -0.15) is 0 Å². The molecule has 0 spiro atoms. The lowest BCUT2D eigenvalue weighted by Gasteiger charge is -2.26. The number of nitrogens with zero attached hydrogens (tertiary/aromatic N) is 2. The number of carboxylic acids is 1. The Morgan fingerprint density at radius 2 is 2.15 bits per heavy atom. The van der Waals surface area contributed by atoms with Crippen molar-refractivity contribution in [2.75, 3.05) is 5.32 Å². The number of aromatic nitrogens is 1. The summed E-state index contributed by atoms with van der Waals surface area (Å²) in [7, 11) is 0. The maximum Gasteiger partial charge on any atom is 0.305 e. The van der Waals surface area contributed by atoms with E-state index in [9.17, 15) is 14.9 Å². The molecule has 0 aromatic carbocycles. The number of carboxylic acid groups (broad SMARTS) is 1. The molecule has 0 bridgehead atoms. The molecule has 1 atom stereocenters. The minimum atomic E-state index is -0.895. The zero-order valence-electron chi connectivity index (χ0n) is 11.8. The molecule has 0 aliphatic rings. The van der Waals surface area contributed by atoms with E-state index in [1.165, 1.54) is 12.1 Å². The number of anilines is 1. The Morgan fingerprint density at radius 1 is 1.50 bits per heavy atom. The molecule has 0 saturated heterocycles. The van der Waals surface area contributed by atoms with Crippen LogP contribution in [0.4, 0.5) is 11.5 Å². The van der Waals surface area contributed by atoms with Gasteiger partial charge in [-0.05, 0) is 17.9 Å². The molecule has 1 aromatic rings. The topological polar surface area (TPSA) is 105 Å². The van der Waals surface area contributed by atoms with E-state index in [1.807, 2.05) is 20.8 Å². The normalized spacial score (nSPS) is 12.8. The summed E-state index contributed by atoms with van der Waals surface area (Å²) in [4.78, 5) is 24.8. The highest BCUT2D eigenvalue weighted by Crippen LogP contribution is 2.24. The van der Waals surface area contributed by atoms with Crippen molar-refractivity contribution in [3.63, 3.8) is 0 Å². The Morgan fingerprint density at radius 3 is 2.55 bits per heavy atom. The first-order chi connectivity index (χ1) is 9.17. The number of hydrogen-bond acceptors (Lipinski definition) is 5. The molecule has 1 heterocycles. The van der Waals surface area contributed by atoms with Crippen LogP contribution in [0.5, 0.6) is 0 Å². The molecule has 0 radical (unpaired) electrons. The number of aliphatic carboxylic acids is 1. The molecule has 0 aliphatic carbocycles. The molecule has 110 valence electrons. The first-order valence-corrected chi connectivity index (χ1v) is 6.26. The molecule has 0 amide bonds. The van der Waals surface area contributed by atoms with Crippen LogP contribution in [0.2, 0.25) is 0 Å². The molecule has 1 unspecified atom stereocenters. The molecule has 2 N–H and O–H groups in total. The summed E-state index contributed by atoms with van der Waals surface area (Å²) < 4.78 is 0. The summed E-state index contributed by atoms with van der Waals surface area (Å²) in [5.41, 5.74) is -0.130. The van der Waals surface area contributed by atoms with Crippen LogP contribution in [0.25, 0.3) is 0 Å². The third kappa shape index (κ3) is 5.64. The minimum absolute atomic E-state index is 0.0318. The number of hydrogen-bond donors (Lipinski definition) is 2. The van der Waals surface area contributed by atoms with Gasteiger partial charge in [0.2, 0.25) is 0 Å². The third-order valence-electron chi connectivity index (χ3n) is 2.59. The van der Waals surface area contributed by atoms with Crippen molar-refractivity contribution in [2.45, 2.75) is 39.7 Å². The Hall–Kier alpha value is -2.18. The largest absolute Gasteiger partial charge is 0.481 e. The van der Waals surface area contributed by atoms with Crippen molar-refractivity contribution in [2.24, 2.45) is 5.41 Å². The second-order valence-electron chi connectivity index (χ2n) is 5.86. The van der Waals surface area contributed by atoms with Crippen molar-refractivity contribution in [1.82, 2.24) is 4.98 Å². The SMILES string of the molecule is CC(C)(C)CC(CC(=O)O)Nc1ccc([N+](=O)[O-])cn1. The fourth-order valence-electron chi connectivity index (χ4n) is 1.91. The highest BCUT2D eigenvalue weighted by Gasteiger charge is 2.21. The van der Waals surface area contributed by atoms with Crippen molar-refractivity contribution >= 4 is 17.5 Å². The Labute approximate surface area is 117 Å². The fourth-order valence-corrected chi connectivity index (χ4v) is 1.91. The van der Waals surface area contributed by atoms with Gasteiger partial charge in [0.25, 0.3) is 5.69 Å². The highest BCUT2D eigenvalue weighted by molar-refractivity contribution is 5.68. The monoisotopic (exact) mass is 281 g/mol. The van der Waals surface area contributed by atoms with Gasteiger partial charge in [0, 0.05) is 12.1 Å². The standard InChI is InChI=1S/C13H19N3O4/c1-13(2,3)7-9(6-12(17)18)15-11-5-4-10(8-14-11)16(19)20/h4-5,8-9H,6-7H2,1-3H3,(H,14,15)(H,17,18). The van der Waals surface area contributed by atoms with Crippen molar-refractivity contribution in [1.29, 1.82) is 0 Å². The van der Waals surface area contributed by atoms with Crippen LogP contribution in [-0.4, -0.2) is 27.0 Å². The predicted octanol–water partition coefficient (Wildman–Crippen LogP) is 2.68. The first-order valence-electron chi connectivity index (χ1n) is 6.26. The summed E-state index contributed by atoms with van der Waals surface area (Å²) in [6.45, 7) is 6.06. The molecule has 7 heteroatoms. The number of nitro groups is 1. The van der Waals surface area contributed by atoms with Crippen LogP contribution in [0.15, 0.2) is 18.3 Å². The number of nitrogens with one attached hydrogen (secondary N) is 1. The summed E-state index contributed by atoms with van der Waals surface area (Å²) in [6.07, 6.45) is 1.77. The zero-order chi connectivity index (χ0) is 15.3. The van der Waals surface area contributed by atoms with Crippen LogP contribution in [0.3, 0.4) is 0 Å². The van der Waals surface area contributed by atoms with Crippen LogP contribution >= 0.6 is 0 Å². The zero-order valence-corrected chi connectivity index (χ0v) is 11.8. The Kier molecular flexibility index (Phi) is 5.01. The summed E-state index contributed by atoms with van der Waals surface area (Å²) >= 11 is 0. The minimum Gasteiger partial charge on any atom is -0.481 e. The second-order valence-corrected chi connectivity index (χ2v) is 5.86. The third-order valence-corrected chi connectivity index (χ3v) is 2.59. The van der Waals surface area contributed by atoms with Crippen LogP contribution in [-0.2, 0) is 4.79 Å². The number of carbonyl (C=O) groups is 1. The van der Waals surface area contributed by atoms with Crippen molar-refractivity contribution in [3.8, 4) is 0 Å². The smallest absolute Gasteiger partial charge is 0.305 e. The van der Waals surface area contributed by atoms with Gasteiger partial charge < -0.3 is 10.4 Å². The average molecular weight is 281 g/mol. The van der Waals surface area contributed by atoms with E-state index in [-0.39, 0.29) is 23.6 Å². The summed E-state index contributed by atoms with van der Waals surface area (Å²) in [5.74, 6) is -0.459. The van der Waals surface area contributed by atoms with Crippen molar-refractivity contribution in [3.05, 3.63) is 28.4 Å². The molecular formula is C13H19N3O4. The second kappa shape index (κ2) is 6.31. The van der Waals surface area contributed by atoms with E-state index >= 15 is 0 Å². The van der Waals surface area contributed by atoms with Gasteiger partial charge in [-0.3, -0.25) is 14.9 Å². The van der Waals surface area contributed by atoms with Gasteiger partial charge in [-0.1, -0.05) is 20.8 Å². The molecule has 1 aromatic heterocycles. The van der Waals surface area contributed by atoms with Gasteiger partial charge >= 0.3 is 5.97 Å². The molecule has 20 heavy (non-hydrogen) atoms. The summed E-state index contributed by atoms with van der Waals surface area (Å²) in [5, 5.41) is 22.5. The van der Waals surface area contributed by atoms with E-state index < -0.39 is 10.9 Å². The van der Waals surface area contributed by atoms with Gasteiger partial charge in [-0.15, -0.1) is 0 Å².